The molecule has 0 bridgehead atoms. The predicted molar refractivity (Wildman–Crippen MR) is 71.1 cm³/mol. The van der Waals surface area contributed by atoms with Gasteiger partial charge < -0.3 is 10.1 Å². The van der Waals surface area contributed by atoms with E-state index >= 15 is 0 Å². The molecule has 3 heteroatoms. The molecule has 0 radical (unpaired) electrons. The Labute approximate surface area is 109 Å². The van der Waals surface area contributed by atoms with Gasteiger partial charge in [-0.05, 0) is 49.6 Å². The quantitative estimate of drug-likeness (QED) is 0.887. The van der Waals surface area contributed by atoms with Gasteiger partial charge in [0.1, 0.15) is 5.82 Å². The molecule has 0 aliphatic carbocycles. The van der Waals surface area contributed by atoms with Gasteiger partial charge in [-0.3, -0.25) is 0 Å². The van der Waals surface area contributed by atoms with Crippen LogP contribution in [0.15, 0.2) is 18.2 Å². The van der Waals surface area contributed by atoms with Gasteiger partial charge in [-0.1, -0.05) is 13.0 Å². The number of nitrogens with one attached hydrogen (secondary N) is 1. The minimum atomic E-state index is -0.161. The van der Waals surface area contributed by atoms with E-state index in [4.69, 9.17) is 4.74 Å². The number of ether oxygens (including phenoxy) is 1. The molecule has 1 aliphatic heterocycles. The molecule has 0 aromatic heterocycles. The molecule has 0 amide bonds. The Morgan fingerprint density at radius 2 is 2.33 bits per heavy atom. The third-order valence-electron chi connectivity index (χ3n) is 3.66. The number of halogens is 1. The number of aryl methyl sites for hydroxylation is 1. The van der Waals surface area contributed by atoms with Crippen molar-refractivity contribution in [1.82, 2.24) is 5.32 Å². The van der Waals surface area contributed by atoms with Crippen molar-refractivity contribution < 1.29 is 9.13 Å². The first-order chi connectivity index (χ1) is 8.72. The summed E-state index contributed by atoms with van der Waals surface area (Å²) < 4.78 is 18.8. The van der Waals surface area contributed by atoms with E-state index in [9.17, 15) is 4.39 Å². The average molecular weight is 251 g/mol. The van der Waals surface area contributed by atoms with Gasteiger partial charge >= 0.3 is 0 Å². The third-order valence-corrected chi connectivity index (χ3v) is 3.66. The second-order valence-electron chi connectivity index (χ2n) is 5.01. The Morgan fingerprint density at radius 1 is 1.50 bits per heavy atom. The van der Waals surface area contributed by atoms with Crippen LogP contribution in [-0.4, -0.2) is 19.8 Å². The highest BCUT2D eigenvalue weighted by Crippen LogP contribution is 2.30. The van der Waals surface area contributed by atoms with Crippen LogP contribution in [0.4, 0.5) is 4.39 Å². The SMILES string of the molecule is CCNC(c1ccc(F)cc1C)C1CCCOC1. The molecule has 2 atom stereocenters. The van der Waals surface area contributed by atoms with Crippen LogP contribution in [0, 0.1) is 18.7 Å². The highest BCUT2D eigenvalue weighted by molar-refractivity contribution is 5.30. The van der Waals surface area contributed by atoms with Crippen LogP contribution < -0.4 is 5.32 Å². The Bertz CT molecular complexity index is 388. The lowest BCUT2D eigenvalue weighted by molar-refractivity contribution is 0.0392. The summed E-state index contributed by atoms with van der Waals surface area (Å²) in [5, 5.41) is 3.53. The standard InChI is InChI=1S/C15H22FNO/c1-3-17-15(12-5-4-8-18-10-12)14-7-6-13(16)9-11(14)2/h6-7,9,12,15,17H,3-5,8,10H2,1-2H3. The maximum atomic E-state index is 13.2. The first-order valence-corrected chi connectivity index (χ1v) is 6.79. The van der Waals surface area contributed by atoms with Gasteiger partial charge in [0.15, 0.2) is 0 Å². The van der Waals surface area contributed by atoms with E-state index < -0.39 is 0 Å². The van der Waals surface area contributed by atoms with Gasteiger partial charge in [-0.2, -0.15) is 0 Å². The molecule has 2 rings (SSSR count). The molecule has 100 valence electrons. The van der Waals surface area contributed by atoms with Crippen LogP contribution >= 0.6 is 0 Å². The van der Waals surface area contributed by atoms with Crippen molar-refractivity contribution in [2.24, 2.45) is 5.92 Å². The smallest absolute Gasteiger partial charge is 0.123 e. The fourth-order valence-corrected chi connectivity index (χ4v) is 2.77. The van der Waals surface area contributed by atoms with Crippen molar-refractivity contribution in [3.63, 3.8) is 0 Å². The summed E-state index contributed by atoms with van der Waals surface area (Å²) in [6.07, 6.45) is 2.29. The fourth-order valence-electron chi connectivity index (χ4n) is 2.77. The second-order valence-corrected chi connectivity index (χ2v) is 5.01. The molecule has 1 heterocycles. The van der Waals surface area contributed by atoms with Crippen molar-refractivity contribution in [2.75, 3.05) is 19.8 Å². The maximum Gasteiger partial charge on any atom is 0.123 e. The highest BCUT2D eigenvalue weighted by atomic mass is 19.1. The molecule has 1 N–H and O–H groups in total. The second kappa shape index (κ2) is 6.30. The summed E-state index contributed by atoms with van der Waals surface area (Å²) in [4.78, 5) is 0. The van der Waals surface area contributed by atoms with Crippen LogP contribution in [0.25, 0.3) is 0 Å². The maximum absolute atomic E-state index is 13.2. The molecule has 1 saturated heterocycles. The van der Waals surface area contributed by atoms with Gasteiger partial charge in [0.25, 0.3) is 0 Å². The lowest BCUT2D eigenvalue weighted by atomic mass is 9.86. The number of hydrogen-bond donors (Lipinski definition) is 1. The highest BCUT2D eigenvalue weighted by Gasteiger charge is 2.26. The van der Waals surface area contributed by atoms with Crippen LogP contribution in [0.5, 0.6) is 0 Å². The van der Waals surface area contributed by atoms with Crippen LogP contribution in [0.3, 0.4) is 0 Å². The fraction of sp³-hybridized carbons (Fsp3) is 0.600. The first-order valence-electron chi connectivity index (χ1n) is 6.79. The zero-order valence-electron chi connectivity index (χ0n) is 11.2. The normalized spacial score (nSPS) is 21.8. The van der Waals surface area contributed by atoms with Crippen LogP contribution in [0.1, 0.15) is 36.9 Å². The van der Waals surface area contributed by atoms with Crippen LogP contribution in [-0.2, 0) is 4.74 Å². The van der Waals surface area contributed by atoms with Gasteiger partial charge in [0.2, 0.25) is 0 Å². The summed E-state index contributed by atoms with van der Waals surface area (Å²) in [7, 11) is 0. The minimum Gasteiger partial charge on any atom is -0.381 e. The Hall–Kier alpha value is -0.930. The van der Waals surface area contributed by atoms with E-state index in [2.05, 4.69) is 12.2 Å². The minimum absolute atomic E-state index is 0.161. The Kier molecular flexibility index (Phi) is 4.72. The lowest BCUT2D eigenvalue weighted by Gasteiger charge is -2.32. The van der Waals surface area contributed by atoms with E-state index in [0.29, 0.717) is 5.92 Å². The zero-order valence-corrected chi connectivity index (χ0v) is 11.2. The van der Waals surface area contributed by atoms with Crippen molar-refractivity contribution in [1.29, 1.82) is 0 Å². The Morgan fingerprint density at radius 3 is 2.94 bits per heavy atom. The predicted octanol–water partition coefficient (Wildman–Crippen LogP) is 3.21. The van der Waals surface area contributed by atoms with Gasteiger partial charge in [0.05, 0.1) is 6.61 Å². The van der Waals surface area contributed by atoms with Crippen molar-refractivity contribution in [3.8, 4) is 0 Å². The summed E-state index contributed by atoms with van der Waals surface area (Å²) in [6, 6.07) is 5.35. The Balaban J connectivity index is 2.22. The largest absolute Gasteiger partial charge is 0.381 e. The summed E-state index contributed by atoms with van der Waals surface area (Å²) in [6.45, 7) is 6.67. The molecule has 1 aliphatic rings. The van der Waals surface area contributed by atoms with Gasteiger partial charge in [-0.25, -0.2) is 4.39 Å². The zero-order chi connectivity index (χ0) is 13.0. The topological polar surface area (TPSA) is 21.3 Å². The molecule has 1 aromatic carbocycles. The summed E-state index contributed by atoms with van der Waals surface area (Å²) in [5.74, 6) is 0.328. The molecule has 2 nitrogen and oxygen atoms in total. The van der Waals surface area contributed by atoms with Crippen molar-refractivity contribution in [2.45, 2.75) is 32.7 Å². The van der Waals surface area contributed by atoms with Gasteiger partial charge in [-0.15, -0.1) is 0 Å². The van der Waals surface area contributed by atoms with E-state index in [0.717, 1.165) is 31.7 Å². The number of hydrogen-bond acceptors (Lipinski definition) is 2. The van der Waals surface area contributed by atoms with Crippen molar-refractivity contribution in [3.05, 3.63) is 35.1 Å². The number of benzene rings is 1. The molecule has 18 heavy (non-hydrogen) atoms. The summed E-state index contributed by atoms with van der Waals surface area (Å²) in [5.41, 5.74) is 2.22. The van der Waals surface area contributed by atoms with Crippen molar-refractivity contribution >= 4 is 0 Å². The van der Waals surface area contributed by atoms with E-state index in [-0.39, 0.29) is 11.9 Å². The molecule has 1 aromatic rings. The van der Waals surface area contributed by atoms with E-state index in [1.54, 1.807) is 12.1 Å². The molecule has 0 saturated carbocycles. The summed E-state index contributed by atoms with van der Waals surface area (Å²) >= 11 is 0. The molecule has 0 spiro atoms. The number of rotatable bonds is 4. The lowest BCUT2D eigenvalue weighted by Crippen LogP contribution is -2.33. The average Bonchev–Trinajstić information content (AvgIpc) is 2.38. The van der Waals surface area contributed by atoms with Crippen LogP contribution in [0.2, 0.25) is 0 Å². The van der Waals surface area contributed by atoms with E-state index in [1.807, 2.05) is 13.0 Å². The van der Waals surface area contributed by atoms with Gasteiger partial charge in [0, 0.05) is 18.6 Å². The molecule has 2 unspecified atom stereocenters. The first kappa shape index (κ1) is 13.5. The molecular weight excluding hydrogens is 229 g/mol. The third kappa shape index (κ3) is 3.09. The van der Waals surface area contributed by atoms with E-state index in [1.165, 1.54) is 12.0 Å². The molecular formula is C15H22FNO. The molecule has 1 fully saturated rings. The monoisotopic (exact) mass is 251 g/mol.